The van der Waals surface area contributed by atoms with E-state index in [0.29, 0.717) is 28.9 Å². The van der Waals surface area contributed by atoms with E-state index in [-0.39, 0.29) is 5.84 Å². The van der Waals surface area contributed by atoms with E-state index in [1.54, 1.807) is 23.9 Å². The highest BCUT2D eigenvalue weighted by Crippen LogP contribution is 2.35. The van der Waals surface area contributed by atoms with E-state index in [1.807, 2.05) is 44.6 Å². The SMILES string of the molecule is COc1cc(N(C)CCN(C)C(C)C)c(N)cc1NC(=N)/C=C(\NN)c1ccc2cnn(C)c2c1. The summed E-state index contributed by atoms with van der Waals surface area (Å²) in [7, 11) is 7.60. The number of ether oxygens (including phenoxy) is 1. The second kappa shape index (κ2) is 11.1. The van der Waals surface area contributed by atoms with Crippen LogP contribution in [0.15, 0.2) is 42.6 Å². The summed E-state index contributed by atoms with van der Waals surface area (Å²) in [6.07, 6.45) is 3.43. The molecule has 2 aromatic carbocycles. The minimum Gasteiger partial charge on any atom is -0.494 e. The summed E-state index contributed by atoms with van der Waals surface area (Å²) in [5.74, 6) is 6.50. The fraction of sp³-hybridized carbons (Fsp3) is 0.360. The van der Waals surface area contributed by atoms with Crippen molar-refractivity contribution in [2.45, 2.75) is 19.9 Å². The molecule has 0 radical (unpaired) electrons. The normalized spacial score (nSPS) is 11.9. The Balaban J connectivity index is 1.80. The predicted octanol–water partition coefficient (Wildman–Crippen LogP) is 2.83. The van der Waals surface area contributed by atoms with Crippen molar-refractivity contribution in [2.24, 2.45) is 12.9 Å². The highest BCUT2D eigenvalue weighted by molar-refractivity contribution is 6.07. The number of amidine groups is 1. The zero-order valence-corrected chi connectivity index (χ0v) is 21.4. The molecule has 0 saturated carbocycles. The molecular weight excluding hydrogens is 442 g/mol. The summed E-state index contributed by atoms with van der Waals surface area (Å²) < 4.78 is 7.40. The van der Waals surface area contributed by atoms with Gasteiger partial charge in [0, 0.05) is 56.3 Å². The Hall–Kier alpha value is -3.76. The molecule has 7 N–H and O–H groups in total. The minimum absolute atomic E-state index is 0.125. The van der Waals surface area contributed by atoms with E-state index in [2.05, 4.69) is 46.5 Å². The first-order chi connectivity index (χ1) is 16.6. The highest BCUT2D eigenvalue weighted by atomic mass is 16.5. The van der Waals surface area contributed by atoms with Crippen LogP contribution in [0, 0.1) is 5.41 Å². The van der Waals surface area contributed by atoms with Crippen molar-refractivity contribution >= 4 is 39.5 Å². The Bertz CT molecular complexity index is 1220. The van der Waals surface area contributed by atoms with Crippen LogP contribution in [0.4, 0.5) is 17.1 Å². The van der Waals surface area contributed by atoms with E-state index in [0.717, 1.165) is 35.2 Å². The average Bonchev–Trinajstić information content (AvgIpc) is 3.20. The van der Waals surface area contributed by atoms with Gasteiger partial charge in [-0.2, -0.15) is 5.10 Å². The highest BCUT2D eigenvalue weighted by Gasteiger charge is 2.14. The van der Waals surface area contributed by atoms with Gasteiger partial charge in [-0.25, -0.2) is 0 Å². The summed E-state index contributed by atoms with van der Waals surface area (Å²) >= 11 is 0. The van der Waals surface area contributed by atoms with Crippen molar-refractivity contribution in [2.75, 3.05) is 50.2 Å². The minimum atomic E-state index is 0.125. The van der Waals surface area contributed by atoms with Gasteiger partial charge in [0.05, 0.1) is 41.6 Å². The first kappa shape index (κ1) is 25.9. The molecule has 0 aliphatic rings. The molecule has 3 aromatic rings. The molecule has 0 aliphatic carbocycles. The number of anilines is 3. The summed E-state index contributed by atoms with van der Waals surface area (Å²) in [5.41, 5.74) is 13.5. The van der Waals surface area contributed by atoms with Crippen LogP contribution in [0.5, 0.6) is 5.75 Å². The standard InChI is InChI=1S/C25H37N9O/c1-16(2)32(3)9-10-33(4)23-14-24(35-6)21(12-19(23)26)30-25(27)13-20(31-28)17-7-8-18-15-29-34(5)22(18)11-17/h7-8,11-16,31H,9-10,26,28H2,1-6H3,(H2,27,30)/b20-13-. The van der Waals surface area contributed by atoms with Crippen LogP contribution >= 0.6 is 0 Å². The lowest BCUT2D eigenvalue weighted by Crippen LogP contribution is -2.35. The molecule has 0 atom stereocenters. The Morgan fingerprint density at radius 1 is 1.23 bits per heavy atom. The summed E-state index contributed by atoms with van der Waals surface area (Å²) in [6, 6.07) is 10.0. The molecule has 0 saturated heterocycles. The number of aryl methyl sites for hydroxylation is 1. The molecule has 188 valence electrons. The first-order valence-electron chi connectivity index (χ1n) is 11.5. The topological polar surface area (TPSA) is 133 Å². The summed E-state index contributed by atoms with van der Waals surface area (Å²) in [6.45, 7) is 6.07. The lowest BCUT2D eigenvalue weighted by molar-refractivity contribution is 0.280. The van der Waals surface area contributed by atoms with Crippen LogP contribution in [-0.2, 0) is 7.05 Å². The van der Waals surface area contributed by atoms with Crippen LogP contribution in [-0.4, -0.2) is 60.9 Å². The van der Waals surface area contributed by atoms with E-state index in [1.165, 1.54) is 0 Å². The van der Waals surface area contributed by atoms with Gasteiger partial charge in [0.2, 0.25) is 0 Å². The van der Waals surface area contributed by atoms with Gasteiger partial charge in [-0.15, -0.1) is 0 Å². The molecule has 1 heterocycles. The number of nitrogen functional groups attached to an aromatic ring is 1. The lowest BCUT2D eigenvalue weighted by Gasteiger charge is -2.27. The quantitative estimate of drug-likeness (QED) is 0.0985. The van der Waals surface area contributed by atoms with Crippen LogP contribution in [0.2, 0.25) is 0 Å². The predicted molar refractivity (Wildman–Crippen MR) is 146 cm³/mol. The number of likely N-dealkylation sites (N-methyl/N-ethyl adjacent to an activating group) is 2. The smallest absolute Gasteiger partial charge is 0.144 e. The van der Waals surface area contributed by atoms with Crippen molar-refractivity contribution in [1.82, 2.24) is 20.1 Å². The molecule has 0 fully saturated rings. The van der Waals surface area contributed by atoms with Crippen molar-refractivity contribution in [3.8, 4) is 5.75 Å². The number of aromatic nitrogens is 2. The fourth-order valence-corrected chi connectivity index (χ4v) is 3.71. The Morgan fingerprint density at radius 2 is 1.97 bits per heavy atom. The maximum absolute atomic E-state index is 8.51. The molecule has 0 aliphatic heterocycles. The average molecular weight is 480 g/mol. The van der Waals surface area contributed by atoms with E-state index in [4.69, 9.17) is 21.7 Å². The number of benzene rings is 2. The van der Waals surface area contributed by atoms with Crippen LogP contribution < -0.4 is 32.0 Å². The third kappa shape index (κ3) is 6.03. The van der Waals surface area contributed by atoms with Gasteiger partial charge in [-0.05, 0) is 33.0 Å². The van der Waals surface area contributed by atoms with E-state index >= 15 is 0 Å². The molecule has 0 amide bonds. The number of hydrogen-bond donors (Lipinski definition) is 5. The van der Waals surface area contributed by atoms with Crippen molar-refractivity contribution in [3.63, 3.8) is 0 Å². The van der Waals surface area contributed by atoms with Gasteiger partial charge in [0.1, 0.15) is 11.6 Å². The zero-order chi connectivity index (χ0) is 25.7. The number of hydrazine groups is 1. The van der Waals surface area contributed by atoms with Crippen molar-refractivity contribution < 1.29 is 4.74 Å². The van der Waals surface area contributed by atoms with Crippen LogP contribution in [0.25, 0.3) is 16.6 Å². The lowest BCUT2D eigenvalue weighted by atomic mass is 10.1. The molecule has 10 heteroatoms. The molecule has 0 unspecified atom stereocenters. The number of fused-ring (bicyclic) bond motifs is 1. The number of methoxy groups -OCH3 is 1. The number of nitrogens with two attached hydrogens (primary N) is 2. The van der Waals surface area contributed by atoms with Crippen LogP contribution in [0.3, 0.4) is 0 Å². The van der Waals surface area contributed by atoms with Gasteiger partial charge in [-0.3, -0.25) is 15.9 Å². The molecule has 0 bridgehead atoms. The molecule has 1 aromatic heterocycles. The molecular formula is C25H37N9O. The van der Waals surface area contributed by atoms with Gasteiger partial charge in [0.25, 0.3) is 0 Å². The zero-order valence-electron chi connectivity index (χ0n) is 21.4. The number of nitrogens with one attached hydrogen (secondary N) is 3. The monoisotopic (exact) mass is 479 g/mol. The van der Waals surface area contributed by atoms with E-state index < -0.39 is 0 Å². The first-order valence-corrected chi connectivity index (χ1v) is 11.5. The van der Waals surface area contributed by atoms with Gasteiger partial charge >= 0.3 is 0 Å². The van der Waals surface area contributed by atoms with E-state index in [9.17, 15) is 0 Å². The summed E-state index contributed by atoms with van der Waals surface area (Å²) in [4.78, 5) is 4.39. The maximum atomic E-state index is 8.51. The van der Waals surface area contributed by atoms with Gasteiger partial charge in [-0.1, -0.05) is 12.1 Å². The number of nitrogens with zero attached hydrogens (tertiary/aromatic N) is 4. The molecule has 3 rings (SSSR count). The van der Waals surface area contributed by atoms with Crippen LogP contribution in [0.1, 0.15) is 19.4 Å². The van der Waals surface area contributed by atoms with Crippen molar-refractivity contribution in [3.05, 3.63) is 48.2 Å². The molecule has 10 nitrogen and oxygen atoms in total. The van der Waals surface area contributed by atoms with Gasteiger partial charge < -0.3 is 31.0 Å². The molecule has 0 spiro atoms. The Kier molecular flexibility index (Phi) is 8.21. The summed E-state index contributed by atoms with van der Waals surface area (Å²) in [5, 5.41) is 16.9. The number of hydrogen-bond acceptors (Lipinski definition) is 8. The maximum Gasteiger partial charge on any atom is 0.144 e. The largest absolute Gasteiger partial charge is 0.494 e. The number of rotatable bonds is 10. The second-order valence-electron chi connectivity index (χ2n) is 8.89. The third-order valence-corrected chi connectivity index (χ3v) is 6.20. The fourth-order valence-electron chi connectivity index (χ4n) is 3.71. The van der Waals surface area contributed by atoms with Gasteiger partial charge in [0.15, 0.2) is 0 Å². The molecule has 35 heavy (non-hydrogen) atoms. The Morgan fingerprint density at radius 3 is 2.63 bits per heavy atom. The van der Waals surface area contributed by atoms with Crippen molar-refractivity contribution in [1.29, 1.82) is 5.41 Å². The third-order valence-electron chi connectivity index (χ3n) is 6.20. The Labute approximate surface area is 207 Å². The second-order valence-corrected chi connectivity index (χ2v) is 8.89.